The van der Waals surface area contributed by atoms with Crippen LogP contribution in [-0.4, -0.2) is 0 Å². The molecule has 17 heavy (non-hydrogen) atoms. The molecule has 0 aliphatic heterocycles. The second-order valence-corrected chi connectivity index (χ2v) is 5.91. The summed E-state index contributed by atoms with van der Waals surface area (Å²) in [5.74, 6) is -0.495. The van der Waals surface area contributed by atoms with Crippen LogP contribution in [0.5, 0.6) is 0 Å². The summed E-state index contributed by atoms with van der Waals surface area (Å²) in [7, 11) is 0. The molecule has 0 aliphatic carbocycles. The summed E-state index contributed by atoms with van der Waals surface area (Å²) in [6, 6.07) is 10.3. The molecule has 1 aromatic carbocycles. The van der Waals surface area contributed by atoms with Crippen molar-refractivity contribution in [2.75, 3.05) is 5.32 Å². The lowest BCUT2D eigenvalue weighted by Crippen LogP contribution is -1.98. The van der Waals surface area contributed by atoms with E-state index in [1.165, 1.54) is 12.1 Å². The highest BCUT2D eigenvalue weighted by Crippen LogP contribution is 2.23. The molecule has 2 aromatic rings. The Morgan fingerprint density at radius 1 is 1.35 bits per heavy atom. The van der Waals surface area contributed by atoms with E-state index in [1.807, 2.05) is 12.1 Å². The van der Waals surface area contributed by atoms with Crippen LogP contribution in [0.3, 0.4) is 0 Å². The van der Waals surface area contributed by atoms with Gasteiger partial charge in [0.05, 0.1) is 9.35 Å². The summed E-state index contributed by atoms with van der Waals surface area (Å²) in [5.41, 5.74) is 0.737. The minimum Gasteiger partial charge on any atom is -0.380 e. The minimum atomic E-state index is -0.495. The Bertz CT molecular complexity index is 574. The maximum absolute atomic E-state index is 13.3. The van der Waals surface area contributed by atoms with Gasteiger partial charge < -0.3 is 5.32 Å². The Balaban J connectivity index is 2.05. The molecule has 0 saturated carbocycles. The number of hydrogen-bond acceptors (Lipinski definition) is 3. The molecule has 2 rings (SSSR count). The highest BCUT2D eigenvalue weighted by atomic mass is 79.9. The van der Waals surface area contributed by atoms with Gasteiger partial charge in [0, 0.05) is 17.1 Å². The summed E-state index contributed by atoms with van der Waals surface area (Å²) in [6.45, 7) is 0.640. The Labute approximate surface area is 111 Å². The molecule has 0 radical (unpaired) electrons. The highest BCUT2D eigenvalue weighted by Gasteiger charge is 2.03. The number of anilines is 1. The van der Waals surface area contributed by atoms with Crippen LogP contribution in [0.4, 0.5) is 10.1 Å². The molecule has 5 heteroatoms. The van der Waals surface area contributed by atoms with E-state index in [0.29, 0.717) is 12.2 Å². The van der Waals surface area contributed by atoms with Crippen molar-refractivity contribution in [1.82, 2.24) is 0 Å². The highest BCUT2D eigenvalue weighted by molar-refractivity contribution is 9.11. The van der Waals surface area contributed by atoms with Gasteiger partial charge in [0.25, 0.3) is 0 Å². The van der Waals surface area contributed by atoms with Crippen LogP contribution in [0.15, 0.2) is 34.1 Å². The smallest absolute Gasteiger partial charge is 0.143 e. The maximum atomic E-state index is 13.3. The van der Waals surface area contributed by atoms with Crippen molar-refractivity contribution < 1.29 is 4.39 Å². The van der Waals surface area contributed by atoms with Crippen molar-refractivity contribution in [3.8, 4) is 6.07 Å². The van der Waals surface area contributed by atoms with Crippen LogP contribution in [0.2, 0.25) is 0 Å². The molecule has 0 saturated heterocycles. The number of nitrogens with one attached hydrogen (secondary N) is 1. The van der Waals surface area contributed by atoms with E-state index in [-0.39, 0.29) is 5.56 Å². The van der Waals surface area contributed by atoms with E-state index in [4.69, 9.17) is 5.26 Å². The molecule has 0 atom stereocenters. The molecule has 86 valence electrons. The Morgan fingerprint density at radius 2 is 2.18 bits per heavy atom. The van der Waals surface area contributed by atoms with Gasteiger partial charge in [0.2, 0.25) is 0 Å². The van der Waals surface area contributed by atoms with Crippen molar-refractivity contribution >= 4 is 33.0 Å². The van der Waals surface area contributed by atoms with Gasteiger partial charge in [-0.25, -0.2) is 4.39 Å². The van der Waals surface area contributed by atoms with E-state index in [9.17, 15) is 4.39 Å². The zero-order valence-electron chi connectivity index (χ0n) is 8.71. The standard InChI is InChI=1S/C12H8BrFN2S/c13-12-4-3-10(17-12)7-16-9-2-1-8(6-15)11(14)5-9/h1-5,16H,7H2. The summed E-state index contributed by atoms with van der Waals surface area (Å²) < 4.78 is 14.4. The quantitative estimate of drug-likeness (QED) is 0.925. The molecule has 0 aliphatic rings. The van der Waals surface area contributed by atoms with Crippen LogP contribution < -0.4 is 5.32 Å². The van der Waals surface area contributed by atoms with Crippen LogP contribution >= 0.6 is 27.3 Å². The molecule has 0 fully saturated rings. The average Bonchev–Trinajstić information content (AvgIpc) is 2.73. The summed E-state index contributed by atoms with van der Waals surface area (Å²) >= 11 is 5.01. The zero-order valence-corrected chi connectivity index (χ0v) is 11.1. The fourth-order valence-electron chi connectivity index (χ4n) is 1.35. The Morgan fingerprint density at radius 3 is 2.76 bits per heavy atom. The van der Waals surface area contributed by atoms with E-state index in [0.717, 1.165) is 8.66 Å². The largest absolute Gasteiger partial charge is 0.380 e. The van der Waals surface area contributed by atoms with Gasteiger partial charge >= 0.3 is 0 Å². The third-order valence-corrected chi connectivity index (χ3v) is 3.81. The van der Waals surface area contributed by atoms with Crippen LogP contribution in [0, 0.1) is 17.1 Å². The van der Waals surface area contributed by atoms with Crippen molar-refractivity contribution in [1.29, 1.82) is 5.26 Å². The first-order valence-corrected chi connectivity index (χ1v) is 6.48. The molecule has 0 amide bonds. The number of hydrogen-bond donors (Lipinski definition) is 1. The molecule has 2 nitrogen and oxygen atoms in total. The van der Waals surface area contributed by atoms with Gasteiger partial charge in [-0.05, 0) is 46.3 Å². The van der Waals surface area contributed by atoms with Gasteiger partial charge in [0.1, 0.15) is 11.9 Å². The van der Waals surface area contributed by atoms with Crippen LogP contribution in [0.1, 0.15) is 10.4 Å². The Hall–Kier alpha value is -1.38. The van der Waals surface area contributed by atoms with Gasteiger partial charge in [-0.3, -0.25) is 0 Å². The topological polar surface area (TPSA) is 35.8 Å². The van der Waals surface area contributed by atoms with Crippen molar-refractivity contribution in [2.24, 2.45) is 0 Å². The molecule has 1 heterocycles. The second-order valence-electron chi connectivity index (χ2n) is 3.37. The molecular formula is C12H8BrFN2S. The van der Waals surface area contributed by atoms with E-state index in [2.05, 4.69) is 21.2 Å². The third-order valence-electron chi connectivity index (χ3n) is 2.19. The summed E-state index contributed by atoms with van der Waals surface area (Å²) in [5, 5.41) is 11.7. The molecule has 0 unspecified atom stereocenters. The van der Waals surface area contributed by atoms with Crippen molar-refractivity contribution in [3.05, 3.63) is 50.4 Å². The summed E-state index contributed by atoms with van der Waals surface area (Å²) in [4.78, 5) is 1.15. The minimum absolute atomic E-state index is 0.0643. The van der Waals surface area contributed by atoms with Crippen molar-refractivity contribution in [3.63, 3.8) is 0 Å². The summed E-state index contributed by atoms with van der Waals surface area (Å²) in [6.07, 6.45) is 0. The lowest BCUT2D eigenvalue weighted by Gasteiger charge is -2.05. The first kappa shape index (κ1) is 12.1. The predicted molar refractivity (Wildman–Crippen MR) is 70.5 cm³/mol. The van der Waals surface area contributed by atoms with Gasteiger partial charge in [-0.1, -0.05) is 0 Å². The Kier molecular flexibility index (Phi) is 3.77. The third kappa shape index (κ3) is 3.05. The first-order valence-electron chi connectivity index (χ1n) is 4.87. The fraction of sp³-hybridized carbons (Fsp3) is 0.0833. The lowest BCUT2D eigenvalue weighted by molar-refractivity contribution is 0.624. The molecular weight excluding hydrogens is 303 g/mol. The number of nitriles is 1. The number of thiophene rings is 1. The van der Waals surface area contributed by atoms with Crippen LogP contribution in [0.25, 0.3) is 0 Å². The van der Waals surface area contributed by atoms with E-state index < -0.39 is 5.82 Å². The molecule has 1 N–H and O–H groups in total. The van der Waals surface area contributed by atoms with Crippen LogP contribution in [-0.2, 0) is 6.54 Å². The zero-order chi connectivity index (χ0) is 12.3. The fourth-order valence-corrected chi connectivity index (χ4v) is 2.77. The monoisotopic (exact) mass is 310 g/mol. The van der Waals surface area contributed by atoms with E-state index in [1.54, 1.807) is 23.5 Å². The van der Waals surface area contributed by atoms with Crippen molar-refractivity contribution in [2.45, 2.75) is 6.54 Å². The predicted octanol–water partition coefficient (Wildman–Crippen LogP) is 4.13. The molecule has 0 bridgehead atoms. The average molecular weight is 311 g/mol. The number of rotatable bonds is 3. The molecule has 1 aromatic heterocycles. The number of halogens is 2. The van der Waals surface area contributed by atoms with Gasteiger partial charge in [0.15, 0.2) is 0 Å². The van der Waals surface area contributed by atoms with Gasteiger partial charge in [-0.2, -0.15) is 5.26 Å². The SMILES string of the molecule is N#Cc1ccc(NCc2ccc(Br)s2)cc1F. The van der Waals surface area contributed by atoms with E-state index >= 15 is 0 Å². The maximum Gasteiger partial charge on any atom is 0.143 e. The molecule has 0 spiro atoms. The number of benzene rings is 1. The number of nitrogens with zero attached hydrogens (tertiary/aromatic N) is 1. The van der Waals surface area contributed by atoms with Gasteiger partial charge in [-0.15, -0.1) is 11.3 Å². The second kappa shape index (κ2) is 5.30. The normalized spacial score (nSPS) is 9.94. The first-order chi connectivity index (χ1) is 8.19. The lowest BCUT2D eigenvalue weighted by atomic mass is 10.2.